The van der Waals surface area contributed by atoms with Crippen LogP contribution in [-0.4, -0.2) is 54.8 Å². The maximum absolute atomic E-state index is 14.9. The quantitative estimate of drug-likeness (QED) is 0.515. The molecule has 0 N–H and O–H groups in total. The largest absolute Gasteiger partial charge is 0.379 e. The lowest BCUT2D eigenvalue weighted by Crippen LogP contribution is -2.40. The molecule has 0 saturated carbocycles. The summed E-state index contributed by atoms with van der Waals surface area (Å²) >= 11 is 0. The fraction of sp³-hybridized carbons (Fsp3) is 0.280. The third-order valence-electron chi connectivity index (χ3n) is 5.78. The third kappa shape index (κ3) is 5.32. The monoisotopic (exact) mass is 483 g/mol. The molecule has 178 valence electrons. The van der Waals surface area contributed by atoms with Gasteiger partial charge in [-0.25, -0.2) is 12.8 Å². The number of morpholine rings is 1. The van der Waals surface area contributed by atoms with Crippen LogP contribution in [0.2, 0.25) is 0 Å². The minimum Gasteiger partial charge on any atom is -0.379 e. The summed E-state index contributed by atoms with van der Waals surface area (Å²) in [5, 5.41) is 0. The van der Waals surface area contributed by atoms with Gasteiger partial charge in [-0.3, -0.25) is 9.78 Å². The fourth-order valence-electron chi connectivity index (χ4n) is 3.84. The first-order valence-corrected chi connectivity index (χ1v) is 12.4. The van der Waals surface area contributed by atoms with Crippen molar-refractivity contribution in [1.82, 2.24) is 14.2 Å². The third-order valence-corrected chi connectivity index (χ3v) is 7.68. The van der Waals surface area contributed by atoms with Crippen LogP contribution in [0.5, 0.6) is 0 Å². The van der Waals surface area contributed by atoms with E-state index in [9.17, 15) is 17.6 Å². The highest BCUT2D eigenvalue weighted by molar-refractivity contribution is 7.89. The summed E-state index contributed by atoms with van der Waals surface area (Å²) in [6.45, 7) is 3.38. The van der Waals surface area contributed by atoms with Crippen LogP contribution in [-0.2, 0) is 27.8 Å². The minimum atomic E-state index is -3.88. The fourth-order valence-corrected chi connectivity index (χ4v) is 5.27. The Morgan fingerprint density at radius 3 is 2.56 bits per heavy atom. The first kappa shape index (κ1) is 24.0. The second-order valence-electron chi connectivity index (χ2n) is 8.11. The Balaban J connectivity index is 1.69. The second-order valence-corrected chi connectivity index (χ2v) is 10.0. The molecule has 1 amide bonds. The molecule has 1 fully saturated rings. The van der Waals surface area contributed by atoms with E-state index in [2.05, 4.69) is 4.98 Å². The molecule has 0 radical (unpaired) electrons. The number of hydrogen-bond donors (Lipinski definition) is 0. The molecule has 34 heavy (non-hydrogen) atoms. The molecule has 9 heteroatoms. The van der Waals surface area contributed by atoms with Crippen LogP contribution in [0.25, 0.3) is 0 Å². The number of amides is 1. The van der Waals surface area contributed by atoms with Gasteiger partial charge in [0.1, 0.15) is 5.82 Å². The van der Waals surface area contributed by atoms with Crippen molar-refractivity contribution in [2.45, 2.75) is 24.9 Å². The molecule has 0 spiro atoms. The highest BCUT2D eigenvalue weighted by atomic mass is 32.2. The maximum Gasteiger partial charge on any atom is 0.257 e. The van der Waals surface area contributed by atoms with Crippen LogP contribution >= 0.6 is 0 Å². The molecule has 1 saturated heterocycles. The predicted octanol–water partition coefficient (Wildman–Crippen LogP) is 3.39. The van der Waals surface area contributed by atoms with Gasteiger partial charge in [-0.2, -0.15) is 4.31 Å². The van der Waals surface area contributed by atoms with E-state index < -0.39 is 21.7 Å². The van der Waals surface area contributed by atoms with E-state index in [1.54, 1.807) is 18.5 Å². The molecule has 4 rings (SSSR count). The van der Waals surface area contributed by atoms with Gasteiger partial charge in [0.05, 0.1) is 23.7 Å². The average molecular weight is 484 g/mol. The van der Waals surface area contributed by atoms with Crippen LogP contribution < -0.4 is 0 Å². The number of rotatable bonds is 7. The first-order valence-electron chi connectivity index (χ1n) is 11.0. The summed E-state index contributed by atoms with van der Waals surface area (Å²) < 4.78 is 47.6. The topological polar surface area (TPSA) is 79.8 Å². The number of aryl methyl sites for hydroxylation is 1. The van der Waals surface area contributed by atoms with Crippen LogP contribution in [0.4, 0.5) is 4.39 Å². The van der Waals surface area contributed by atoms with E-state index >= 15 is 0 Å². The zero-order valence-corrected chi connectivity index (χ0v) is 19.7. The standard InChI is InChI=1S/C25H26FN3O4S/c1-19-5-2-3-7-21(19)18-28(17-20-6-4-10-27-16-20)25(30)23-15-22(8-9-24(23)26)34(31,32)29-11-13-33-14-12-29/h2-10,15-16H,11-14,17-18H2,1H3. The number of nitrogens with zero attached hydrogens (tertiary/aromatic N) is 3. The van der Waals surface area contributed by atoms with Crippen LogP contribution in [0.3, 0.4) is 0 Å². The summed E-state index contributed by atoms with van der Waals surface area (Å²) in [6.07, 6.45) is 3.28. The molecule has 0 unspecified atom stereocenters. The number of carbonyl (C=O) groups excluding carboxylic acids is 1. The van der Waals surface area contributed by atoms with Crippen molar-refractivity contribution in [2.24, 2.45) is 0 Å². The number of sulfonamides is 1. The zero-order chi connectivity index (χ0) is 24.1. The van der Waals surface area contributed by atoms with Crippen molar-refractivity contribution >= 4 is 15.9 Å². The molecule has 2 aromatic carbocycles. The molecule has 1 aliphatic rings. The van der Waals surface area contributed by atoms with Gasteiger partial charge in [0.2, 0.25) is 10.0 Å². The van der Waals surface area contributed by atoms with Gasteiger partial charge in [0.15, 0.2) is 0 Å². The Hall–Kier alpha value is -3.14. The molecule has 0 bridgehead atoms. The van der Waals surface area contributed by atoms with E-state index in [1.807, 2.05) is 37.3 Å². The van der Waals surface area contributed by atoms with Crippen LogP contribution in [0.15, 0.2) is 71.9 Å². The Bertz CT molecular complexity index is 1260. The minimum absolute atomic E-state index is 0.114. The number of pyridine rings is 1. The van der Waals surface area contributed by atoms with Gasteiger partial charge in [0.25, 0.3) is 5.91 Å². The van der Waals surface area contributed by atoms with Gasteiger partial charge < -0.3 is 9.64 Å². The number of hydrogen-bond acceptors (Lipinski definition) is 5. The Labute approximate surface area is 198 Å². The average Bonchev–Trinajstić information content (AvgIpc) is 2.86. The molecule has 7 nitrogen and oxygen atoms in total. The van der Waals surface area contributed by atoms with Crippen LogP contribution in [0, 0.1) is 12.7 Å². The first-order chi connectivity index (χ1) is 16.4. The number of carbonyl (C=O) groups is 1. The van der Waals surface area contributed by atoms with Crippen molar-refractivity contribution in [3.63, 3.8) is 0 Å². The summed E-state index contributed by atoms with van der Waals surface area (Å²) in [6, 6.07) is 14.6. The summed E-state index contributed by atoms with van der Waals surface area (Å²) in [4.78, 5) is 19.1. The van der Waals surface area contributed by atoms with Crippen molar-refractivity contribution < 1.29 is 22.3 Å². The molecule has 3 aromatic rings. The number of halogens is 1. The molecule has 0 atom stereocenters. The van der Waals surface area contributed by atoms with Gasteiger partial charge in [0, 0.05) is 38.6 Å². The van der Waals surface area contributed by atoms with Crippen molar-refractivity contribution in [3.8, 4) is 0 Å². The lowest BCUT2D eigenvalue weighted by molar-refractivity contribution is 0.0721. The molecular formula is C25H26FN3O4S. The van der Waals surface area contributed by atoms with Gasteiger partial charge in [-0.15, -0.1) is 0 Å². The zero-order valence-electron chi connectivity index (χ0n) is 18.9. The van der Waals surface area contributed by atoms with E-state index in [4.69, 9.17) is 4.74 Å². The van der Waals surface area contributed by atoms with Crippen molar-refractivity contribution in [1.29, 1.82) is 0 Å². The molecule has 1 aromatic heterocycles. The van der Waals surface area contributed by atoms with E-state index in [0.29, 0.717) is 13.2 Å². The van der Waals surface area contributed by atoms with Crippen LogP contribution in [0.1, 0.15) is 27.0 Å². The maximum atomic E-state index is 14.9. The normalized spacial score (nSPS) is 14.6. The van der Waals surface area contributed by atoms with E-state index in [0.717, 1.165) is 28.8 Å². The van der Waals surface area contributed by atoms with Gasteiger partial charge >= 0.3 is 0 Å². The number of benzene rings is 2. The Morgan fingerprint density at radius 2 is 1.85 bits per heavy atom. The number of ether oxygens (including phenoxy) is 1. The lowest BCUT2D eigenvalue weighted by atomic mass is 10.1. The highest BCUT2D eigenvalue weighted by Crippen LogP contribution is 2.23. The van der Waals surface area contributed by atoms with E-state index in [-0.39, 0.29) is 36.6 Å². The summed E-state index contributed by atoms with van der Waals surface area (Å²) in [7, 11) is -3.88. The molecule has 0 aliphatic carbocycles. The summed E-state index contributed by atoms with van der Waals surface area (Å²) in [5.41, 5.74) is 2.40. The molecule has 1 aliphatic heterocycles. The smallest absolute Gasteiger partial charge is 0.257 e. The van der Waals surface area contributed by atoms with Gasteiger partial charge in [-0.1, -0.05) is 30.3 Å². The Kier molecular flexibility index (Phi) is 7.35. The Morgan fingerprint density at radius 1 is 1.09 bits per heavy atom. The molecule has 2 heterocycles. The van der Waals surface area contributed by atoms with E-state index in [1.165, 1.54) is 15.3 Å². The number of aromatic nitrogens is 1. The summed E-state index contributed by atoms with van der Waals surface area (Å²) in [5.74, 6) is -1.37. The highest BCUT2D eigenvalue weighted by Gasteiger charge is 2.29. The second kappa shape index (κ2) is 10.4. The predicted molar refractivity (Wildman–Crippen MR) is 125 cm³/mol. The van der Waals surface area contributed by atoms with Crippen molar-refractivity contribution in [2.75, 3.05) is 26.3 Å². The van der Waals surface area contributed by atoms with Crippen molar-refractivity contribution in [3.05, 3.63) is 95.1 Å². The molecular weight excluding hydrogens is 457 g/mol. The lowest BCUT2D eigenvalue weighted by Gasteiger charge is -2.27. The SMILES string of the molecule is Cc1ccccc1CN(Cc1cccnc1)C(=O)c1cc(S(=O)(=O)N2CCOCC2)ccc1F. The van der Waals surface area contributed by atoms with Gasteiger partial charge in [-0.05, 0) is 47.9 Å².